The Labute approximate surface area is 198 Å². The molecule has 12 heteroatoms. The second-order valence-electron chi connectivity index (χ2n) is 9.80. The summed E-state index contributed by atoms with van der Waals surface area (Å²) in [6, 6.07) is -0.452. The van der Waals surface area contributed by atoms with Crippen LogP contribution in [0.4, 0.5) is 23.4 Å². The van der Waals surface area contributed by atoms with Crippen LogP contribution in [0.25, 0.3) is 11.0 Å². The first-order valence-corrected chi connectivity index (χ1v) is 11.3. The minimum absolute atomic E-state index is 0.0194. The van der Waals surface area contributed by atoms with Gasteiger partial charge in [0.25, 0.3) is 0 Å². The SMILES string of the molecule is CCOC(=O)c1cn(C(C)(C)C)c2nc(N3CC4CCC(C3)N4C(=O)C(F)(F)F)c(F)cc2c1=O. The molecule has 4 heterocycles. The molecular formula is C23H26F4N4O4. The van der Waals surface area contributed by atoms with Crippen molar-refractivity contribution < 1.29 is 31.9 Å². The molecule has 2 aromatic heterocycles. The largest absolute Gasteiger partial charge is 0.471 e. The maximum Gasteiger partial charge on any atom is 0.471 e. The predicted octanol–water partition coefficient (Wildman–Crippen LogP) is 3.21. The zero-order chi connectivity index (χ0) is 25.9. The highest BCUT2D eigenvalue weighted by atomic mass is 19.4. The molecule has 0 spiro atoms. The zero-order valence-corrected chi connectivity index (χ0v) is 19.8. The summed E-state index contributed by atoms with van der Waals surface area (Å²) in [6.07, 6.45) is -2.91. The molecule has 4 rings (SSSR count). The van der Waals surface area contributed by atoms with Crippen molar-refractivity contribution >= 4 is 28.7 Å². The van der Waals surface area contributed by atoms with E-state index < -0.39 is 46.9 Å². The van der Waals surface area contributed by atoms with Crippen LogP contribution in [-0.4, -0.2) is 64.3 Å². The van der Waals surface area contributed by atoms with E-state index in [2.05, 4.69) is 4.98 Å². The van der Waals surface area contributed by atoms with Gasteiger partial charge in [0.05, 0.1) is 24.1 Å². The van der Waals surface area contributed by atoms with Gasteiger partial charge in [0.15, 0.2) is 11.6 Å². The summed E-state index contributed by atoms with van der Waals surface area (Å²) in [6.45, 7) is 7.07. The maximum absolute atomic E-state index is 15.3. The quantitative estimate of drug-likeness (QED) is 0.478. The minimum Gasteiger partial charge on any atom is -0.462 e. The molecule has 2 aliphatic rings. The average molecular weight is 498 g/mol. The molecule has 1 amide bonds. The van der Waals surface area contributed by atoms with Crippen LogP contribution in [0.2, 0.25) is 0 Å². The van der Waals surface area contributed by atoms with Crippen LogP contribution in [-0.2, 0) is 15.1 Å². The number of fused-ring (bicyclic) bond motifs is 3. The predicted molar refractivity (Wildman–Crippen MR) is 119 cm³/mol. The molecule has 2 unspecified atom stereocenters. The van der Waals surface area contributed by atoms with Crippen LogP contribution in [0, 0.1) is 5.82 Å². The van der Waals surface area contributed by atoms with Crippen molar-refractivity contribution in [1.29, 1.82) is 0 Å². The van der Waals surface area contributed by atoms with Gasteiger partial charge in [-0.1, -0.05) is 0 Å². The number of anilines is 1. The number of hydrogen-bond acceptors (Lipinski definition) is 6. The number of amides is 1. The molecule has 0 N–H and O–H groups in total. The number of carbonyl (C=O) groups is 2. The molecule has 2 saturated heterocycles. The van der Waals surface area contributed by atoms with Crippen LogP contribution >= 0.6 is 0 Å². The lowest BCUT2D eigenvalue weighted by Gasteiger charge is -2.41. The number of hydrogen-bond donors (Lipinski definition) is 0. The van der Waals surface area contributed by atoms with Crippen molar-refractivity contribution in [3.05, 3.63) is 33.9 Å². The molecule has 0 aromatic carbocycles. The Morgan fingerprint density at radius 3 is 2.26 bits per heavy atom. The van der Waals surface area contributed by atoms with Gasteiger partial charge in [0.1, 0.15) is 11.2 Å². The van der Waals surface area contributed by atoms with Crippen molar-refractivity contribution in [2.75, 3.05) is 24.6 Å². The lowest BCUT2D eigenvalue weighted by atomic mass is 10.1. The van der Waals surface area contributed by atoms with E-state index >= 15 is 4.39 Å². The van der Waals surface area contributed by atoms with E-state index in [1.165, 1.54) is 11.1 Å². The van der Waals surface area contributed by atoms with E-state index in [-0.39, 0.29) is 42.1 Å². The molecule has 2 aliphatic heterocycles. The first-order chi connectivity index (χ1) is 16.2. The van der Waals surface area contributed by atoms with Crippen molar-refractivity contribution in [3.8, 4) is 0 Å². The molecule has 2 bridgehead atoms. The average Bonchev–Trinajstić information content (AvgIpc) is 3.00. The molecule has 0 aliphatic carbocycles. The highest BCUT2D eigenvalue weighted by Crippen LogP contribution is 2.36. The second kappa shape index (κ2) is 8.49. The summed E-state index contributed by atoms with van der Waals surface area (Å²) in [5, 5.41) is -0.111. The van der Waals surface area contributed by atoms with E-state index in [0.29, 0.717) is 12.8 Å². The van der Waals surface area contributed by atoms with Gasteiger partial charge in [-0.25, -0.2) is 14.2 Å². The first-order valence-electron chi connectivity index (χ1n) is 11.3. The van der Waals surface area contributed by atoms with Gasteiger partial charge in [0, 0.05) is 24.8 Å². The standard InChI is InChI=1S/C23H26F4N4O4/c1-5-35-20(33)15-11-30(22(2,3)4)18-14(17(15)32)8-16(24)19(28-18)29-9-12-6-7-13(10-29)31(12)21(34)23(25,26)27/h8,11-13H,5-7,9-10H2,1-4H3. The summed E-state index contributed by atoms with van der Waals surface area (Å²) in [4.78, 5) is 44.1. The first kappa shape index (κ1) is 24.9. The highest BCUT2D eigenvalue weighted by molar-refractivity contribution is 5.93. The fourth-order valence-electron chi connectivity index (χ4n) is 4.86. The lowest BCUT2D eigenvalue weighted by molar-refractivity contribution is -0.188. The number of carbonyl (C=O) groups excluding carboxylic acids is 2. The highest BCUT2D eigenvalue weighted by Gasteiger charge is 2.52. The summed E-state index contributed by atoms with van der Waals surface area (Å²) in [5.41, 5.74) is -1.50. The number of aromatic nitrogens is 2. The number of halogens is 4. The number of rotatable bonds is 3. The molecule has 2 fully saturated rings. The summed E-state index contributed by atoms with van der Waals surface area (Å²) in [5.74, 6) is -3.67. The lowest BCUT2D eigenvalue weighted by Crippen LogP contribution is -2.59. The molecule has 35 heavy (non-hydrogen) atoms. The van der Waals surface area contributed by atoms with Gasteiger partial charge in [-0.2, -0.15) is 13.2 Å². The zero-order valence-electron chi connectivity index (χ0n) is 19.8. The van der Waals surface area contributed by atoms with E-state index in [0.717, 1.165) is 11.0 Å². The van der Waals surface area contributed by atoms with Crippen LogP contribution in [0.1, 0.15) is 50.9 Å². The Balaban J connectivity index is 1.79. The number of pyridine rings is 2. The molecule has 8 nitrogen and oxygen atoms in total. The van der Waals surface area contributed by atoms with Crippen molar-refractivity contribution in [3.63, 3.8) is 0 Å². The molecule has 0 saturated carbocycles. The normalized spacial score (nSPS) is 20.5. The number of alkyl halides is 3. The van der Waals surface area contributed by atoms with Crippen molar-refractivity contribution in [2.45, 2.75) is 64.3 Å². The van der Waals surface area contributed by atoms with Gasteiger partial charge in [-0.15, -0.1) is 0 Å². The third-order valence-corrected chi connectivity index (χ3v) is 6.39. The van der Waals surface area contributed by atoms with Crippen LogP contribution in [0.3, 0.4) is 0 Å². The van der Waals surface area contributed by atoms with Gasteiger partial charge in [-0.3, -0.25) is 9.59 Å². The van der Waals surface area contributed by atoms with Gasteiger partial charge in [0.2, 0.25) is 5.43 Å². The minimum atomic E-state index is -4.98. The summed E-state index contributed by atoms with van der Waals surface area (Å²) < 4.78 is 61.0. The van der Waals surface area contributed by atoms with E-state index in [4.69, 9.17) is 4.74 Å². The number of nitrogens with zero attached hydrogens (tertiary/aromatic N) is 4. The fraction of sp³-hybridized carbons (Fsp3) is 0.565. The summed E-state index contributed by atoms with van der Waals surface area (Å²) in [7, 11) is 0. The van der Waals surface area contributed by atoms with E-state index in [9.17, 15) is 27.6 Å². The second-order valence-corrected chi connectivity index (χ2v) is 9.80. The molecular weight excluding hydrogens is 472 g/mol. The molecule has 190 valence electrons. The maximum atomic E-state index is 15.3. The molecule has 0 radical (unpaired) electrons. The number of ether oxygens (including phenoxy) is 1. The van der Waals surface area contributed by atoms with Crippen LogP contribution < -0.4 is 10.3 Å². The van der Waals surface area contributed by atoms with Crippen molar-refractivity contribution in [2.24, 2.45) is 0 Å². The number of esters is 1. The fourth-order valence-corrected chi connectivity index (χ4v) is 4.86. The smallest absolute Gasteiger partial charge is 0.462 e. The van der Waals surface area contributed by atoms with Gasteiger partial charge < -0.3 is 19.1 Å². The number of piperazine rings is 1. The van der Waals surface area contributed by atoms with Crippen LogP contribution in [0.15, 0.2) is 17.1 Å². The molecule has 2 aromatic rings. The van der Waals surface area contributed by atoms with E-state index in [1.807, 2.05) is 20.8 Å². The Morgan fingerprint density at radius 1 is 1.14 bits per heavy atom. The topological polar surface area (TPSA) is 84.7 Å². The Hall–Kier alpha value is -3.18. The third kappa shape index (κ3) is 4.34. The van der Waals surface area contributed by atoms with Gasteiger partial charge >= 0.3 is 18.1 Å². The Morgan fingerprint density at radius 2 is 1.74 bits per heavy atom. The van der Waals surface area contributed by atoms with Gasteiger partial charge in [-0.05, 0) is 46.6 Å². The monoisotopic (exact) mass is 498 g/mol. The Kier molecular flexibility index (Phi) is 6.05. The Bertz CT molecular complexity index is 1240. The third-order valence-electron chi connectivity index (χ3n) is 6.39. The summed E-state index contributed by atoms with van der Waals surface area (Å²) >= 11 is 0. The van der Waals surface area contributed by atoms with Crippen LogP contribution in [0.5, 0.6) is 0 Å². The van der Waals surface area contributed by atoms with E-state index in [1.54, 1.807) is 11.5 Å². The molecule has 2 atom stereocenters. The van der Waals surface area contributed by atoms with Crippen molar-refractivity contribution in [1.82, 2.24) is 14.5 Å².